The van der Waals surface area contributed by atoms with E-state index in [4.69, 9.17) is 17.3 Å². The summed E-state index contributed by atoms with van der Waals surface area (Å²) in [5.41, 5.74) is 5.65. The molecular formula is C21H25ClF2N4O4. The largest absolute Gasteiger partial charge is 0.370 e. The molecule has 3 amide bonds. The van der Waals surface area contributed by atoms with Gasteiger partial charge < -0.3 is 10.7 Å². The molecule has 2 rings (SSSR count). The van der Waals surface area contributed by atoms with Gasteiger partial charge in [-0.1, -0.05) is 25.4 Å². The van der Waals surface area contributed by atoms with Crippen molar-refractivity contribution in [2.45, 2.75) is 38.7 Å². The van der Waals surface area contributed by atoms with Gasteiger partial charge in [0, 0.05) is 29.7 Å². The van der Waals surface area contributed by atoms with Gasteiger partial charge in [-0.25, -0.2) is 13.8 Å². The molecule has 0 aliphatic heterocycles. The van der Waals surface area contributed by atoms with Crippen LogP contribution < -0.4 is 11.2 Å². The molecule has 1 heterocycles. The molecule has 8 nitrogen and oxygen atoms in total. The molecule has 1 aromatic carbocycles. The van der Waals surface area contributed by atoms with Gasteiger partial charge in [-0.2, -0.15) is 0 Å². The Labute approximate surface area is 188 Å². The van der Waals surface area contributed by atoms with Gasteiger partial charge >= 0.3 is 0 Å². The second kappa shape index (κ2) is 11.0. The number of rotatable bonds is 10. The lowest BCUT2D eigenvalue weighted by Gasteiger charge is -2.26. The van der Waals surface area contributed by atoms with Crippen molar-refractivity contribution in [1.29, 1.82) is 0 Å². The molecule has 0 unspecified atom stereocenters. The summed E-state index contributed by atoms with van der Waals surface area (Å²) in [7, 11) is 0. The van der Waals surface area contributed by atoms with Gasteiger partial charge in [-0.05, 0) is 36.6 Å². The number of nitrogens with one attached hydrogen (secondary N) is 2. The van der Waals surface area contributed by atoms with E-state index in [2.05, 4.69) is 10.4 Å². The predicted octanol–water partition coefficient (Wildman–Crippen LogP) is 2.81. The Hall–Kier alpha value is -3.01. The van der Waals surface area contributed by atoms with Crippen LogP contribution in [0.3, 0.4) is 0 Å². The summed E-state index contributed by atoms with van der Waals surface area (Å²) in [5.74, 6) is -4.39. The van der Waals surface area contributed by atoms with Gasteiger partial charge in [0.1, 0.15) is 5.82 Å². The van der Waals surface area contributed by atoms with Crippen molar-refractivity contribution in [2.24, 2.45) is 17.6 Å². The van der Waals surface area contributed by atoms with Crippen LogP contribution in [0.4, 0.5) is 8.78 Å². The fourth-order valence-electron chi connectivity index (χ4n) is 3.22. The number of hydrogen-bond acceptors (Lipinski definition) is 4. The van der Waals surface area contributed by atoms with Crippen molar-refractivity contribution in [3.8, 4) is 0 Å². The lowest BCUT2D eigenvalue weighted by atomic mass is 9.91. The number of fused-ring (bicyclic) bond motifs is 1. The highest BCUT2D eigenvalue weighted by atomic mass is 35.5. The van der Waals surface area contributed by atoms with E-state index in [9.17, 15) is 28.0 Å². The number of hydrogen-bond donors (Lipinski definition) is 3. The summed E-state index contributed by atoms with van der Waals surface area (Å²) in [4.78, 5) is 51.5. The van der Waals surface area contributed by atoms with Crippen LogP contribution in [0.25, 0.3) is 10.9 Å². The second-order valence-corrected chi connectivity index (χ2v) is 8.23. The van der Waals surface area contributed by atoms with Gasteiger partial charge in [0.2, 0.25) is 11.8 Å². The summed E-state index contributed by atoms with van der Waals surface area (Å²) >= 11 is 5.19. The normalized spacial score (nSPS) is 13.1. The molecular weight excluding hydrogens is 446 g/mol. The Balaban J connectivity index is 2.18. The number of carbonyl (C=O) groups is 4. The fourth-order valence-corrected chi connectivity index (χ4v) is 3.34. The molecule has 0 saturated heterocycles. The Morgan fingerprint density at radius 3 is 2.50 bits per heavy atom. The van der Waals surface area contributed by atoms with E-state index in [0.29, 0.717) is 22.3 Å². The number of halogens is 3. The van der Waals surface area contributed by atoms with Crippen LogP contribution in [0.1, 0.15) is 43.6 Å². The summed E-state index contributed by atoms with van der Waals surface area (Å²) in [6.45, 7) is 3.33. The zero-order valence-electron chi connectivity index (χ0n) is 17.7. The van der Waals surface area contributed by atoms with Gasteiger partial charge in [0.15, 0.2) is 5.78 Å². The lowest BCUT2D eigenvalue weighted by molar-refractivity contribution is -0.145. The molecule has 0 aliphatic rings. The standard InChI is InChI=1S/C21H25ClF2N4O4/c1-11(2)7-13(20(31)27-28(6-5-18(25)30)21(32)19(22)24)10-17(29)16-9-12-8-14(23)3-4-15(12)26-16/h3-4,8-9,11,13,19,26H,5-7,10H2,1-2H3,(H2,25,30)(H,27,31)/t13-,19+/m1/s1. The number of primary amides is 1. The monoisotopic (exact) mass is 470 g/mol. The minimum Gasteiger partial charge on any atom is -0.370 e. The molecule has 0 radical (unpaired) electrons. The zero-order valence-corrected chi connectivity index (χ0v) is 18.4. The highest BCUT2D eigenvalue weighted by molar-refractivity contribution is 6.29. The minimum atomic E-state index is -2.43. The van der Waals surface area contributed by atoms with Crippen LogP contribution in [0.15, 0.2) is 24.3 Å². The van der Waals surface area contributed by atoms with Gasteiger partial charge in [-0.15, -0.1) is 0 Å². The van der Waals surface area contributed by atoms with E-state index in [-0.39, 0.29) is 31.0 Å². The number of aromatic nitrogens is 1. The number of Topliss-reactive ketones (excluding diaryl/α,β-unsaturated/α-hetero) is 1. The zero-order chi connectivity index (χ0) is 24.0. The van der Waals surface area contributed by atoms with E-state index in [1.165, 1.54) is 24.3 Å². The maximum atomic E-state index is 13.4. The summed E-state index contributed by atoms with van der Waals surface area (Å²) in [6, 6.07) is 5.54. The van der Waals surface area contributed by atoms with E-state index >= 15 is 0 Å². The summed E-state index contributed by atoms with van der Waals surface area (Å²) in [5, 5.41) is 1.10. The van der Waals surface area contributed by atoms with Crippen LogP contribution >= 0.6 is 11.6 Å². The first-order valence-electron chi connectivity index (χ1n) is 9.97. The molecule has 2 atom stereocenters. The molecule has 0 bridgehead atoms. The number of aromatic amines is 1. The van der Waals surface area contributed by atoms with E-state index in [0.717, 1.165) is 0 Å². The Morgan fingerprint density at radius 2 is 1.91 bits per heavy atom. The Kier molecular flexibility index (Phi) is 8.71. The number of ketones is 1. The van der Waals surface area contributed by atoms with Gasteiger partial charge in [0.05, 0.1) is 12.2 Å². The third-order valence-electron chi connectivity index (χ3n) is 4.72. The first kappa shape index (κ1) is 25.3. The van der Waals surface area contributed by atoms with Crippen molar-refractivity contribution < 1.29 is 28.0 Å². The van der Waals surface area contributed by atoms with Crippen LogP contribution in [0, 0.1) is 17.7 Å². The molecule has 2 aromatic rings. The summed E-state index contributed by atoms with van der Waals surface area (Å²) in [6.07, 6.45) is -0.240. The molecule has 32 heavy (non-hydrogen) atoms. The molecule has 174 valence electrons. The van der Waals surface area contributed by atoms with Crippen LogP contribution in [0.5, 0.6) is 0 Å². The van der Waals surface area contributed by atoms with Gasteiger partial charge in [-0.3, -0.25) is 24.6 Å². The van der Waals surface area contributed by atoms with Crippen molar-refractivity contribution in [3.63, 3.8) is 0 Å². The number of carbonyl (C=O) groups excluding carboxylic acids is 4. The van der Waals surface area contributed by atoms with Crippen molar-refractivity contribution >= 4 is 46.0 Å². The topological polar surface area (TPSA) is 125 Å². The number of amides is 3. The first-order chi connectivity index (χ1) is 15.0. The predicted molar refractivity (Wildman–Crippen MR) is 115 cm³/mol. The quantitative estimate of drug-likeness (QED) is 0.280. The maximum Gasteiger partial charge on any atom is 0.291 e. The third-order valence-corrected chi connectivity index (χ3v) is 4.91. The number of nitrogens with two attached hydrogens (primary N) is 1. The molecule has 4 N–H and O–H groups in total. The highest BCUT2D eigenvalue weighted by Crippen LogP contribution is 2.22. The Bertz CT molecular complexity index is 1010. The second-order valence-electron chi connectivity index (χ2n) is 7.85. The molecule has 0 saturated carbocycles. The van der Waals surface area contributed by atoms with Crippen LogP contribution in [0.2, 0.25) is 0 Å². The van der Waals surface area contributed by atoms with E-state index in [1.807, 2.05) is 13.8 Å². The molecule has 0 aliphatic carbocycles. The summed E-state index contributed by atoms with van der Waals surface area (Å²) < 4.78 is 26.7. The fraction of sp³-hybridized carbons (Fsp3) is 0.429. The third kappa shape index (κ3) is 7.01. The van der Waals surface area contributed by atoms with Crippen molar-refractivity contribution in [3.05, 3.63) is 35.8 Å². The smallest absolute Gasteiger partial charge is 0.291 e. The highest BCUT2D eigenvalue weighted by Gasteiger charge is 2.29. The number of alkyl halides is 2. The van der Waals surface area contributed by atoms with E-state index in [1.54, 1.807) is 0 Å². The molecule has 0 spiro atoms. The van der Waals surface area contributed by atoms with E-state index < -0.39 is 40.9 Å². The van der Waals surface area contributed by atoms with Crippen molar-refractivity contribution in [1.82, 2.24) is 15.4 Å². The van der Waals surface area contributed by atoms with Crippen molar-refractivity contribution in [2.75, 3.05) is 6.54 Å². The average molecular weight is 471 g/mol. The van der Waals surface area contributed by atoms with Crippen LogP contribution in [-0.2, 0) is 14.4 Å². The molecule has 0 fully saturated rings. The first-order valence-corrected chi connectivity index (χ1v) is 10.4. The molecule has 1 aromatic heterocycles. The van der Waals surface area contributed by atoms with Gasteiger partial charge in [0.25, 0.3) is 11.5 Å². The number of nitrogens with zero attached hydrogens (tertiary/aromatic N) is 1. The number of benzene rings is 1. The average Bonchev–Trinajstić information content (AvgIpc) is 3.12. The number of hydrazine groups is 1. The Morgan fingerprint density at radius 1 is 1.22 bits per heavy atom. The van der Waals surface area contributed by atoms with Crippen LogP contribution in [-0.4, -0.2) is 45.7 Å². The lowest BCUT2D eigenvalue weighted by Crippen LogP contribution is -2.51. The minimum absolute atomic E-state index is 0.0204. The SMILES string of the molecule is CC(C)C[C@H](CC(=O)c1cc2cc(F)ccc2[nH]1)C(=O)NN(CCC(N)=O)C(=O)[C@H](F)Cl. The molecule has 11 heteroatoms. The number of H-pyrrole nitrogens is 1. The maximum absolute atomic E-state index is 13.4.